The van der Waals surface area contributed by atoms with E-state index >= 15 is 0 Å². The highest BCUT2D eigenvalue weighted by atomic mass is 16.5. The van der Waals surface area contributed by atoms with Crippen LogP contribution in [0.3, 0.4) is 0 Å². The van der Waals surface area contributed by atoms with E-state index in [4.69, 9.17) is 4.74 Å². The average molecular weight is 327 g/mol. The summed E-state index contributed by atoms with van der Waals surface area (Å²) in [6.45, 7) is 3.16. The second-order valence-electron chi connectivity index (χ2n) is 6.08. The van der Waals surface area contributed by atoms with Crippen molar-refractivity contribution in [3.05, 3.63) is 58.3 Å². The number of aryl methyl sites for hydroxylation is 1. The lowest BCUT2D eigenvalue weighted by atomic mass is 10.1. The molecule has 1 aliphatic heterocycles. The van der Waals surface area contributed by atoms with Gasteiger partial charge < -0.3 is 14.2 Å². The van der Waals surface area contributed by atoms with Crippen LogP contribution in [0.1, 0.15) is 28.9 Å². The number of piperidine rings is 1. The predicted octanol–water partition coefficient (Wildman–Crippen LogP) is 1.77. The van der Waals surface area contributed by atoms with Crippen LogP contribution in [0.2, 0.25) is 0 Å². The number of aromatic nitrogens is 2. The number of carbonyl (C=O) groups excluding carboxylic acids is 1. The Morgan fingerprint density at radius 2 is 2.04 bits per heavy atom. The Morgan fingerprint density at radius 1 is 1.29 bits per heavy atom. The summed E-state index contributed by atoms with van der Waals surface area (Å²) >= 11 is 0. The largest absolute Gasteiger partial charge is 0.490 e. The molecule has 0 spiro atoms. The van der Waals surface area contributed by atoms with Crippen LogP contribution in [-0.2, 0) is 7.05 Å². The summed E-state index contributed by atoms with van der Waals surface area (Å²) in [6, 6.07) is 6.93. The zero-order valence-corrected chi connectivity index (χ0v) is 13.9. The normalized spacial score (nSPS) is 15.3. The van der Waals surface area contributed by atoms with Gasteiger partial charge in [-0.15, -0.1) is 0 Å². The molecule has 1 saturated heterocycles. The van der Waals surface area contributed by atoms with E-state index in [0.717, 1.165) is 18.5 Å². The van der Waals surface area contributed by atoms with E-state index in [2.05, 4.69) is 4.98 Å². The molecule has 0 unspecified atom stereocenters. The minimum atomic E-state index is -0.0748. The molecule has 0 atom stereocenters. The van der Waals surface area contributed by atoms with Crippen molar-refractivity contribution in [3.8, 4) is 5.75 Å². The van der Waals surface area contributed by atoms with Crippen molar-refractivity contribution in [2.75, 3.05) is 13.1 Å². The van der Waals surface area contributed by atoms with Gasteiger partial charge in [0.25, 0.3) is 11.5 Å². The first-order valence-electron chi connectivity index (χ1n) is 8.08. The van der Waals surface area contributed by atoms with Crippen LogP contribution >= 0.6 is 0 Å². The molecule has 6 nitrogen and oxygen atoms in total. The summed E-state index contributed by atoms with van der Waals surface area (Å²) in [5, 5.41) is 0. The minimum absolute atomic E-state index is 0.00553. The standard InChI is InChI=1S/C18H21N3O3/c1-13-10-16(11-17(22)20(13)2)24-15-5-8-21(9-6-15)18(23)14-4-3-7-19-12-14/h3-4,7,10-12,15H,5-6,8-9H2,1-2H3. The molecule has 0 saturated carbocycles. The Hall–Kier alpha value is -2.63. The molecule has 3 rings (SSSR count). The van der Waals surface area contributed by atoms with Crippen molar-refractivity contribution >= 4 is 5.91 Å². The number of carbonyl (C=O) groups is 1. The van der Waals surface area contributed by atoms with Gasteiger partial charge in [-0.2, -0.15) is 0 Å². The summed E-state index contributed by atoms with van der Waals surface area (Å²) in [4.78, 5) is 30.0. The molecule has 0 N–H and O–H groups in total. The Bertz CT molecular complexity index is 778. The molecule has 2 aromatic heterocycles. The first-order valence-corrected chi connectivity index (χ1v) is 8.08. The van der Waals surface area contributed by atoms with Gasteiger partial charge in [0.15, 0.2) is 0 Å². The van der Waals surface area contributed by atoms with Crippen molar-refractivity contribution in [2.24, 2.45) is 7.05 Å². The van der Waals surface area contributed by atoms with Crippen LogP contribution in [0.15, 0.2) is 41.5 Å². The number of rotatable bonds is 3. The molecular formula is C18H21N3O3. The maximum absolute atomic E-state index is 12.4. The Kier molecular flexibility index (Phi) is 4.64. The first kappa shape index (κ1) is 16.2. The molecule has 1 aliphatic rings. The van der Waals surface area contributed by atoms with Crippen LogP contribution in [0.5, 0.6) is 5.75 Å². The third-order valence-corrected chi connectivity index (χ3v) is 4.42. The second kappa shape index (κ2) is 6.86. The predicted molar refractivity (Wildman–Crippen MR) is 90.2 cm³/mol. The zero-order valence-electron chi connectivity index (χ0n) is 13.9. The Morgan fingerprint density at radius 3 is 2.67 bits per heavy atom. The van der Waals surface area contributed by atoms with E-state index in [1.54, 1.807) is 36.1 Å². The van der Waals surface area contributed by atoms with E-state index < -0.39 is 0 Å². The number of ether oxygens (including phenoxy) is 1. The fraction of sp³-hybridized carbons (Fsp3) is 0.389. The van der Waals surface area contributed by atoms with Crippen LogP contribution in [0.4, 0.5) is 0 Å². The molecule has 0 aliphatic carbocycles. The van der Waals surface area contributed by atoms with Gasteiger partial charge >= 0.3 is 0 Å². The summed E-state index contributed by atoms with van der Waals surface area (Å²) in [6.07, 6.45) is 4.77. The van der Waals surface area contributed by atoms with Crippen LogP contribution in [0, 0.1) is 6.92 Å². The number of likely N-dealkylation sites (tertiary alicyclic amines) is 1. The number of hydrogen-bond acceptors (Lipinski definition) is 4. The molecular weight excluding hydrogens is 306 g/mol. The molecule has 0 radical (unpaired) electrons. The molecule has 3 heterocycles. The lowest BCUT2D eigenvalue weighted by molar-refractivity contribution is 0.0594. The molecule has 0 aromatic carbocycles. The second-order valence-corrected chi connectivity index (χ2v) is 6.08. The van der Waals surface area contributed by atoms with Gasteiger partial charge in [-0.25, -0.2) is 0 Å². The van der Waals surface area contributed by atoms with Gasteiger partial charge in [0, 0.05) is 57.1 Å². The molecule has 1 fully saturated rings. The maximum atomic E-state index is 12.4. The lowest BCUT2D eigenvalue weighted by Gasteiger charge is -2.32. The highest BCUT2D eigenvalue weighted by Gasteiger charge is 2.25. The summed E-state index contributed by atoms with van der Waals surface area (Å²) in [5.74, 6) is 0.610. The monoisotopic (exact) mass is 327 g/mol. The number of amides is 1. The number of hydrogen-bond donors (Lipinski definition) is 0. The van der Waals surface area contributed by atoms with E-state index in [1.165, 1.54) is 6.07 Å². The molecule has 2 aromatic rings. The van der Waals surface area contributed by atoms with E-state index in [-0.39, 0.29) is 17.6 Å². The van der Waals surface area contributed by atoms with Crippen molar-refractivity contribution in [1.29, 1.82) is 0 Å². The Labute approximate surface area is 140 Å². The van der Waals surface area contributed by atoms with Gasteiger partial charge in [0.05, 0.1) is 5.56 Å². The lowest BCUT2D eigenvalue weighted by Crippen LogP contribution is -2.41. The summed E-state index contributed by atoms with van der Waals surface area (Å²) in [5.41, 5.74) is 1.40. The number of pyridine rings is 2. The topological polar surface area (TPSA) is 64.4 Å². The van der Waals surface area contributed by atoms with Crippen LogP contribution in [0.25, 0.3) is 0 Å². The van der Waals surface area contributed by atoms with Gasteiger partial charge in [0.2, 0.25) is 0 Å². The van der Waals surface area contributed by atoms with E-state index in [0.29, 0.717) is 24.4 Å². The zero-order chi connectivity index (χ0) is 17.1. The van der Waals surface area contributed by atoms with Gasteiger partial charge in [-0.1, -0.05) is 0 Å². The summed E-state index contributed by atoms with van der Waals surface area (Å²) in [7, 11) is 1.74. The van der Waals surface area contributed by atoms with Gasteiger partial charge in [0.1, 0.15) is 11.9 Å². The van der Waals surface area contributed by atoms with E-state index in [9.17, 15) is 9.59 Å². The third kappa shape index (κ3) is 3.48. The Balaban J connectivity index is 1.59. The minimum Gasteiger partial charge on any atom is -0.490 e. The molecule has 24 heavy (non-hydrogen) atoms. The fourth-order valence-electron chi connectivity index (χ4n) is 2.85. The fourth-order valence-corrected chi connectivity index (χ4v) is 2.85. The van der Waals surface area contributed by atoms with Crippen molar-refractivity contribution in [1.82, 2.24) is 14.5 Å². The third-order valence-electron chi connectivity index (χ3n) is 4.42. The maximum Gasteiger partial charge on any atom is 0.255 e. The van der Waals surface area contributed by atoms with Crippen molar-refractivity contribution < 1.29 is 9.53 Å². The smallest absolute Gasteiger partial charge is 0.255 e. The van der Waals surface area contributed by atoms with Gasteiger partial charge in [-0.3, -0.25) is 14.6 Å². The molecule has 6 heteroatoms. The van der Waals surface area contributed by atoms with Crippen LogP contribution < -0.4 is 10.3 Å². The SMILES string of the molecule is Cc1cc(OC2CCN(C(=O)c3cccnc3)CC2)cc(=O)n1C. The molecule has 0 bridgehead atoms. The molecule has 1 amide bonds. The highest BCUT2D eigenvalue weighted by Crippen LogP contribution is 2.19. The van der Waals surface area contributed by atoms with Crippen molar-refractivity contribution in [2.45, 2.75) is 25.9 Å². The van der Waals surface area contributed by atoms with Gasteiger partial charge in [-0.05, 0) is 25.1 Å². The average Bonchev–Trinajstić information content (AvgIpc) is 2.60. The summed E-state index contributed by atoms with van der Waals surface area (Å²) < 4.78 is 7.53. The van der Waals surface area contributed by atoms with Crippen molar-refractivity contribution in [3.63, 3.8) is 0 Å². The quantitative estimate of drug-likeness (QED) is 0.862. The van der Waals surface area contributed by atoms with Crippen LogP contribution in [-0.4, -0.2) is 39.6 Å². The first-order chi connectivity index (χ1) is 11.5. The highest BCUT2D eigenvalue weighted by molar-refractivity contribution is 5.93. The van der Waals surface area contributed by atoms with E-state index in [1.807, 2.05) is 17.9 Å². The number of nitrogens with zero attached hydrogens (tertiary/aromatic N) is 3. The molecule has 126 valence electrons.